The van der Waals surface area contributed by atoms with Gasteiger partial charge < -0.3 is 15.2 Å². The molecule has 2 rings (SSSR count). The number of hydrogen-bond donors (Lipinski definition) is 3. The smallest absolute Gasteiger partial charge is 0.343 e. The highest BCUT2D eigenvalue weighted by atomic mass is 16.5. The molecule has 136 valence electrons. The third kappa shape index (κ3) is 4.83. The van der Waals surface area contributed by atoms with Crippen LogP contribution in [0.3, 0.4) is 0 Å². The van der Waals surface area contributed by atoms with E-state index in [0.29, 0.717) is 12.1 Å². The molecule has 0 aliphatic heterocycles. The largest absolute Gasteiger partial charge is 0.507 e. The number of esters is 1. The topological polar surface area (TPSA) is 105 Å². The molecule has 3 N–H and O–H groups in total. The number of aromatic hydroxyl groups is 1. The lowest BCUT2D eigenvalue weighted by Crippen LogP contribution is -2.42. The predicted molar refractivity (Wildman–Crippen MR) is 94.7 cm³/mol. The molecule has 7 nitrogen and oxygen atoms in total. The average Bonchev–Trinajstić information content (AvgIpc) is 2.60. The van der Waals surface area contributed by atoms with Crippen molar-refractivity contribution in [3.63, 3.8) is 0 Å². The summed E-state index contributed by atoms with van der Waals surface area (Å²) >= 11 is 0. The molecule has 0 aliphatic carbocycles. The summed E-state index contributed by atoms with van der Waals surface area (Å²) in [6, 6.07) is 12.1. The first-order valence-corrected chi connectivity index (χ1v) is 8.06. The monoisotopic (exact) mass is 356 g/mol. The van der Waals surface area contributed by atoms with Crippen LogP contribution in [-0.2, 0) is 9.53 Å². The van der Waals surface area contributed by atoms with Crippen LogP contribution in [0.5, 0.6) is 5.75 Å². The Hall–Kier alpha value is -3.35. The molecular formula is C19H20N2O5. The molecule has 0 aromatic heterocycles. The van der Waals surface area contributed by atoms with Crippen LogP contribution in [0.15, 0.2) is 48.5 Å². The van der Waals surface area contributed by atoms with Crippen molar-refractivity contribution in [2.24, 2.45) is 0 Å². The van der Waals surface area contributed by atoms with Crippen molar-refractivity contribution in [1.29, 1.82) is 0 Å². The summed E-state index contributed by atoms with van der Waals surface area (Å²) in [4.78, 5) is 36.4. The minimum Gasteiger partial charge on any atom is -0.507 e. The van der Waals surface area contributed by atoms with Crippen LogP contribution in [-0.4, -0.2) is 29.6 Å². The second-order valence-electron chi connectivity index (χ2n) is 5.57. The van der Waals surface area contributed by atoms with Crippen LogP contribution >= 0.6 is 0 Å². The lowest BCUT2D eigenvalue weighted by atomic mass is 10.1. The summed E-state index contributed by atoms with van der Waals surface area (Å²) in [5, 5.41) is 14.5. The van der Waals surface area contributed by atoms with Crippen LogP contribution in [0.1, 0.15) is 34.5 Å². The van der Waals surface area contributed by atoms with Gasteiger partial charge in [-0.3, -0.25) is 10.1 Å². The Labute approximate surface area is 151 Å². The third-order valence-electron chi connectivity index (χ3n) is 3.51. The molecule has 3 amide bonds. The average molecular weight is 356 g/mol. The van der Waals surface area contributed by atoms with Crippen LogP contribution < -0.4 is 10.6 Å². The highest BCUT2D eigenvalue weighted by molar-refractivity contribution is 5.99. The summed E-state index contributed by atoms with van der Waals surface area (Å²) in [5.74, 6) is -1.91. The van der Waals surface area contributed by atoms with E-state index >= 15 is 0 Å². The molecule has 7 heteroatoms. The fraction of sp³-hybridized carbons (Fsp3) is 0.211. The first kappa shape index (κ1) is 19.0. The Kier molecular flexibility index (Phi) is 6.32. The summed E-state index contributed by atoms with van der Waals surface area (Å²) in [6.45, 7) is 3.81. The van der Waals surface area contributed by atoms with E-state index in [4.69, 9.17) is 4.74 Å². The molecule has 0 radical (unpaired) electrons. The van der Waals surface area contributed by atoms with E-state index in [2.05, 4.69) is 10.6 Å². The number of phenolic OH excluding ortho intramolecular Hbond substituents is 1. The van der Waals surface area contributed by atoms with Gasteiger partial charge in [0.15, 0.2) is 0 Å². The molecule has 0 saturated heterocycles. The number of urea groups is 1. The SMILES string of the molecule is CCNC(=O)NC(=O)[C@@H](OC(=O)c1ccc(C)cc1O)c1ccccc1. The number of aryl methyl sites for hydroxylation is 1. The predicted octanol–water partition coefficient (Wildman–Crippen LogP) is 2.44. The fourth-order valence-electron chi connectivity index (χ4n) is 2.27. The molecule has 26 heavy (non-hydrogen) atoms. The zero-order valence-electron chi connectivity index (χ0n) is 14.5. The number of carbonyl (C=O) groups excluding carboxylic acids is 3. The van der Waals surface area contributed by atoms with Crippen LogP contribution in [0, 0.1) is 6.92 Å². The Morgan fingerprint density at radius 3 is 2.42 bits per heavy atom. The molecule has 0 saturated carbocycles. The number of amides is 3. The third-order valence-corrected chi connectivity index (χ3v) is 3.51. The summed E-state index contributed by atoms with van der Waals surface area (Å²) in [5.41, 5.74) is 1.10. The maximum Gasteiger partial charge on any atom is 0.343 e. The fourth-order valence-corrected chi connectivity index (χ4v) is 2.27. The number of hydrogen-bond acceptors (Lipinski definition) is 5. The first-order chi connectivity index (χ1) is 12.4. The minimum atomic E-state index is -1.34. The van der Waals surface area contributed by atoms with Crippen LogP contribution in [0.4, 0.5) is 4.79 Å². The van der Waals surface area contributed by atoms with E-state index in [9.17, 15) is 19.5 Å². The summed E-state index contributed by atoms with van der Waals surface area (Å²) in [6.07, 6.45) is -1.34. The van der Waals surface area contributed by atoms with Gasteiger partial charge in [-0.1, -0.05) is 36.4 Å². The highest BCUT2D eigenvalue weighted by Gasteiger charge is 2.28. The van der Waals surface area contributed by atoms with Gasteiger partial charge in [-0.25, -0.2) is 9.59 Å². The molecule has 1 atom stereocenters. The number of imide groups is 1. The van der Waals surface area contributed by atoms with Crippen LogP contribution in [0.25, 0.3) is 0 Å². The van der Waals surface area contributed by atoms with E-state index in [1.54, 1.807) is 50.2 Å². The number of phenols is 1. The molecule has 2 aromatic carbocycles. The van der Waals surface area contributed by atoms with Gasteiger partial charge in [-0.05, 0) is 31.5 Å². The van der Waals surface area contributed by atoms with E-state index < -0.39 is 24.0 Å². The number of benzene rings is 2. The first-order valence-electron chi connectivity index (χ1n) is 8.06. The molecule has 0 fully saturated rings. The second kappa shape index (κ2) is 8.66. The molecule has 0 heterocycles. The molecule has 0 bridgehead atoms. The van der Waals surface area contributed by atoms with Crippen molar-refractivity contribution in [2.75, 3.05) is 6.54 Å². The van der Waals surface area contributed by atoms with E-state index in [-0.39, 0.29) is 11.3 Å². The number of carbonyl (C=O) groups is 3. The van der Waals surface area contributed by atoms with Gasteiger partial charge in [0.25, 0.3) is 5.91 Å². The highest BCUT2D eigenvalue weighted by Crippen LogP contribution is 2.24. The van der Waals surface area contributed by atoms with Crippen LogP contribution in [0.2, 0.25) is 0 Å². The summed E-state index contributed by atoms with van der Waals surface area (Å²) in [7, 11) is 0. The lowest BCUT2D eigenvalue weighted by molar-refractivity contribution is -0.129. The van der Waals surface area contributed by atoms with Gasteiger partial charge in [0.2, 0.25) is 6.10 Å². The molecule has 0 spiro atoms. The number of ether oxygens (including phenoxy) is 1. The van der Waals surface area contributed by atoms with Gasteiger partial charge in [0.1, 0.15) is 11.3 Å². The Balaban J connectivity index is 2.25. The van der Waals surface area contributed by atoms with E-state index in [1.165, 1.54) is 12.1 Å². The Bertz CT molecular complexity index is 805. The van der Waals surface area contributed by atoms with Crippen molar-refractivity contribution in [3.05, 3.63) is 65.2 Å². The molecule has 0 aliphatic rings. The van der Waals surface area contributed by atoms with Gasteiger partial charge in [0, 0.05) is 12.1 Å². The standard InChI is InChI=1S/C19H20N2O5/c1-3-20-19(25)21-17(23)16(13-7-5-4-6-8-13)26-18(24)14-10-9-12(2)11-15(14)22/h4-11,16,22H,3H2,1-2H3,(H2,20,21,23,25)/t16-/m0/s1. The molecule has 2 aromatic rings. The van der Waals surface area contributed by atoms with Gasteiger partial charge >= 0.3 is 12.0 Å². The van der Waals surface area contributed by atoms with Crippen molar-refractivity contribution >= 4 is 17.9 Å². The van der Waals surface area contributed by atoms with E-state index in [0.717, 1.165) is 5.56 Å². The van der Waals surface area contributed by atoms with Gasteiger partial charge in [-0.2, -0.15) is 0 Å². The number of nitrogens with one attached hydrogen (secondary N) is 2. The lowest BCUT2D eigenvalue weighted by Gasteiger charge is -2.18. The quantitative estimate of drug-likeness (QED) is 0.714. The zero-order chi connectivity index (χ0) is 19.1. The minimum absolute atomic E-state index is 0.0673. The second-order valence-corrected chi connectivity index (χ2v) is 5.57. The zero-order valence-corrected chi connectivity index (χ0v) is 14.5. The van der Waals surface area contributed by atoms with E-state index in [1.807, 2.05) is 0 Å². The maximum absolute atomic E-state index is 12.4. The van der Waals surface area contributed by atoms with Crippen molar-refractivity contribution in [1.82, 2.24) is 10.6 Å². The Morgan fingerprint density at radius 2 is 1.81 bits per heavy atom. The van der Waals surface area contributed by atoms with Crippen molar-refractivity contribution in [3.8, 4) is 5.75 Å². The Morgan fingerprint density at radius 1 is 1.12 bits per heavy atom. The molecule has 0 unspecified atom stereocenters. The maximum atomic E-state index is 12.4. The normalized spacial score (nSPS) is 11.3. The van der Waals surface area contributed by atoms with Gasteiger partial charge in [-0.15, -0.1) is 0 Å². The molecular weight excluding hydrogens is 336 g/mol. The number of rotatable bonds is 5. The van der Waals surface area contributed by atoms with Crippen molar-refractivity contribution < 1.29 is 24.2 Å². The summed E-state index contributed by atoms with van der Waals surface area (Å²) < 4.78 is 5.29. The van der Waals surface area contributed by atoms with Crippen molar-refractivity contribution in [2.45, 2.75) is 20.0 Å². The van der Waals surface area contributed by atoms with Gasteiger partial charge in [0.05, 0.1) is 0 Å².